The third kappa shape index (κ3) is 3.39. The van der Waals surface area contributed by atoms with Gasteiger partial charge in [-0.1, -0.05) is 30.3 Å². The summed E-state index contributed by atoms with van der Waals surface area (Å²) in [5.74, 6) is 1.10. The molecule has 1 N–H and O–H groups in total. The fourth-order valence-corrected chi connectivity index (χ4v) is 4.42. The summed E-state index contributed by atoms with van der Waals surface area (Å²) in [6.45, 7) is 3.89. The van der Waals surface area contributed by atoms with E-state index >= 15 is 0 Å². The van der Waals surface area contributed by atoms with E-state index in [2.05, 4.69) is 24.3 Å². The van der Waals surface area contributed by atoms with Gasteiger partial charge in [0.15, 0.2) is 5.78 Å². The van der Waals surface area contributed by atoms with Crippen LogP contribution in [0.1, 0.15) is 56.2 Å². The minimum absolute atomic E-state index is 0.144. The van der Waals surface area contributed by atoms with Gasteiger partial charge in [-0.15, -0.1) is 0 Å². The van der Waals surface area contributed by atoms with Crippen LogP contribution in [0.15, 0.2) is 48.0 Å². The predicted molar refractivity (Wildman–Crippen MR) is 107 cm³/mol. The number of hydrogen-bond acceptors (Lipinski definition) is 3. The Morgan fingerprint density at radius 2 is 1.70 bits per heavy atom. The van der Waals surface area contributed by atoms with Crippen LogP contribution in [-0.2, 0) is 17.6 Å². The molecule has 2 aromatic rings. The molecule has 140 valence electrons. The van der Waals surface area contributed by atoms with Gasteiger partial charge < -0.3 is 9.84 Å². The van der Waals surface area contributed by atoms with Crippen LogP contribution in [0.2, 0.25) is 0 Å². The van der Waals surface area contributed by atoms with Gasteiger partial charge in [-0.05, 0) is 74.8 Å². The van der Waals surface area contributed by atoms with Crippen LogP contribution in [0.25, 0.3) is 5.57 Å². The monoisotopic (exact) mass is 362 g/mol. The lowest BCUT2D eigenvalue weighted by molar-refractivity contribution is -0.116. The molecule has 0 fully saturated rings. The highest BCUT2D eigenvalue weighted by molar-refractivity contribution is 6.10. The molecule has 3 heteroatoms. The van der Waals surface area contributed by atoms with Crippen molar-refractivity contribution in [2.75, 3.05) is 0 Å². The van der Waals surface area contributed by atoms with Crippen molar-refractivity contribution in [3.05, 3.63) is 64.7 Å². The van der Waals surface area contributed by atoms with Crippen molar-refractivity contribution < 1.29 is 14.6 Å². The molecular formula is C24H26O3. The molecule has 0 saturated carbocycles. The number of unbranched alkanes of at least 4 members (excludes halogenated alkanes) is 1. The second-order valence-corrected chi connectivity index (χ2v) is 8.07. The summed E-state index contributed by atoms with van der Waals surface area (Å²) in [6.07, 6.45) is 5.35. The Balaban J connectivity index is 1.51. The Hall–Kier alpha value is -2.55. The first-order chi connectivity index (χ1) is 13.0. The number of phenolic OH excluding ortho intramolecular Hbond substituents is 1. The largest absolute Gasteiger partial charge is 0.507 e. The van der Waals surface area contributed by atoms with Gasteiger partial charge in [-0.2, -0.15) is 0 Å². The number of Topliss-reactive ketones (excluding diaryl/α,β-unsaturated/α-hetero) is 1. The van der Waals surface area contributed by atoms with Crippen molar-refractivity contribution >= 4 is 11.4 Å². The van der Waals surface area contributed by atoms with Gasteiger partial charge in [0.05, 0.1) is 5.56 Å². The van der Waals surface area contributed by atoms with Crippen LogP contribution in [-0.4, -0.2) is 16.5 Å². The third-order valence-electron chi connectivity index (χ3n) is 5.62. The number of carbonyl (C=O) groups excluding carboxylic acids is 1. The normalized spacial score (nSPS) is 17.5. The summed E-state index contributed by atoms with van der Waals surface area (Å²) in [5, 5.41) is 10.6. The van der Waals surface area contributed by atoms with Crippen LogP contribution in [0.3, 0.4) is 0 Å². The first-order valence-electron chi connectivity index (χ1n) is 9.82. The fourth-order valence-electron chi connectivity index (χ4n) is 4.42. The number of aryl methyl sites for hydroxylation is 2. The molecule has 0 spiro atoms. The first kappa shape index (κ1) is 17.8. The second kappa shape index (κ2) is 6.88. The zero-order chi connectivity index (χ0) is 19.0. The molecule has 2 aromatic carbocycles. The van der Waals surface area contributed by atoms with Crippen LogP contribution in [0, 0.1) is 0 Å². The molecule has 2 aliphatic rings. The molecule has 0 unspecified atom stereocenters. The van der Waals surface area contributed by atoms with Crippen molar-refractivity contribution in [3.8, 4) is 11.5 Å². The summed E-state index contributed by atoms with van der Waals surface area (Å²) in [7, 11) is 0. The smallest absolute Gasteiger partial charge is 0.163 e. The molecule has 3 nitrogen and oxygen atoms in total. The van der Waals surface area contributed by atoms with E-state index < -0.39 is 5.60 Å². The molecule has 27 heavy (non-hydrogen) atoms. The van der Waals surface area contributed by atoms with Gasteiger partial charge in [0.25, 0.3) is 0 Å². The minimum Gasteiger partial charge on any atom is -0.507 e. The molecule has 0 amide bonds. The summed E-state index contributed by atoms with van der Waals surface area (Å²) < 4.78 is 6.16. The Bertz CT molecular complexity index is 907. The zero-order valence-electron chi connectivity index (χ0n) is 16.0. The number of ketones is 1. The molecule has 0 aromatic heterocycles. The number of allylic oxidation sites excluding steroid dienone is 1. The van der Waals surface area contributed by atoms with Gasteiger partial charge in [0.1, 0.15) is 17.1 Å². The SMILES string of the molecule is CC1(C)Oc2cc(CCCCc3ccccc3)cc(O)c2C2=C1C(=O)CC2. The van der Waals surface area contributed by atoms with E-state index in [-0.39, 0.29) is 11.5 Å². The number of carbonyl (C=O) groups is 1. The number of aromatic hydroxyl groups is 1. The average Bonchev–Trinajstić information content (AvgIpc) is 3.01. The highest BCUT2D eigenvalue weighted by Gasteiger charge is 2.42. The molecule has 1 aliphatic heterocycles. The Morgan fingerprint density at radius 3 is 2.44 bits per heavy atom. The van der Waals surface area contributed by atoms with Crippen LogP contribution in [0.5, 0.6) is 11.5 Å². The fraction of sp³-hybridized carbons (Fsp3) is 0.375. The lowest BCUT2D eigenvalue weighted by Gasteiger charge is -2.34. The van der Waals surface area contributed by atoms with E-state index in [0.717, 1.165) is 48.0 Å². The second-order valence-electron chi connectivity index (χ2n) is 8.07. The summed E-state index contributed by atoms with van der Waals surface area (Å²) in [4.78, 5) is 12.3. The maximum absolute atomic E-state index is 12.3. The summed E-state index contributed by atoms with van der Waals surface area (Å²) in [5.41, 5.74) is 4.25. The number of rotatable bonds is 5. The molecule has 1 heterocycles. The van der Waals surface area contributed by atoms with E-state index in [9.17, 15) is 9.90 Å². The number of phenols is 1. The van der Waals surface area contributed by atoms with E-state index in [1.54, 1.807) is 0 Å². The van der Waals surface area contributed by atoms with E-state index in [1.165, 1.54) is 5.56 Å². The van der Waals surface area contributed by atoms with Crippen LogP contribution >= 0.6 is 0 Å². The van der Waals surface area contributed by atoms with Gasteiger partial charge >= 0.3 is 0 Å². The zero-order valence-corrected chi connectivity index (χ0v) is 16.0. The summed E-state index contributed by atoms with van der Waals surface area (Å²) >= 11 is 0. The van der Waals surface area contributed by atoms with E-state index in [0.29, 0.717) is 18.6 Å². The highest BCUT2D eigenvalue weighted by atomic mass is 16.5. The number of ether oxygens (including phenoxy) is 1. The van der Waals surface area contributed by atoms with Crippen molar-refractivity contribution in [1.82, 2.24) is 0 Å². The molecule has 0 saturated heterocycles. The van der Waals surface area contributed by atoms with Crippen molar-refractivity contribution in [2.24, 2.45) is 0 Å². The molecule has 0 bridgehead atoms. The molecular weight excluding hydrogens is 336 g/mol. The standard InChI is InChI=1S/C24H26O3/c1-24(2)23-18(12-13-19(23)25)22-20(26)14-17(15-21(22)27-24)11-7-6-10-16-8-4-3-5-9-16/h3-5,8-9,14-15,26H,6-7,10-13H2,1-2H3. The molecule has 0 radical (unpaired) electrons. The topological polar surface area (TPSA) is 46.5 Å². The summed E-state index contributed by atoms with van der Waals surface area (Å²) in [6, 6.07) is 14.4. The Labute approximate surface area is 160 Å². The van der Waals surface area contributed by atoms with Crippen LogP contribution in [0.4, 0.5) is 0 Å². The quantitative estimate of drug-likeness (QED) is 0.740. The van der Waals surface area contributed by atoms with Crippen molar-refractivity contribution in [3.63, 3.8) is 0 Å². The minimum atomic E-state index is -0.631. The predicted octanol–water partition coefficient (Wildman–Crippen LogP) is 5.25. The Kier molecular flexibility index (Phi) is 4.55. The van der Waals surface area contributed by atoms with Gasteiger partial charge in [0, 0.05) is 12.0 Å². The Morgan fingerprint density at radius 1 is 1.00 bits per heavy atom. The molecule has 4 rings (SSSR count). The molecule has 1 aliphatic carbocycles. The number of hydrogen-bond donors (Lipinski definition) is 1. The maximum Gasteiger partial charge on any atom is 0.163 e. The lowest BCUT2D eigenvalue weighted by atomic mass is 9.86. The number of fused-ring (bicyclic) bond motifs is 2. The lowest BCUT2D eigenvalue weighted by Crippen LogP contribution is -2.36. The molecule has 0 atom stereocenters. The highest BCUT2D eigenvalue weighted by Crippen LogP contribution is 2.50. The van der Waals surface area contributed by atoms with Crippen LogP contribution < -0.4 is 4.74 Å². The third-order valence-corrected chi connectivity index (χ3v) is 5.62. The first-order valence-corrected chi connectivity index (χ1v) is 9.82. The van der Waals surface area contributed by atoms with Gasteiger partial charge in [0.2, 0.25) is 0 Å². The van der Waals surface area contributed by atoms with Gasteiger partial charge in [-0.3, -0.25) is 4.79 Å². The van der Waals surface area contributed by atoms with E-state index in [1.807, 2.05) is 32.0 Å². The maximum atomic E-state index is 12.3. The van der Waals surface area contributed by atoms with E-state index in [4.69, 9.17) is 4.74 Å². The van der Waals surface area contributed by atoms with Crippen molar-refractivity contribution in [1.29, 1.82) is 0 Å². The van der Waals surface area contributed by atoms with Crippen molar-refractivity contribution in [2.45, 2.75) is 58.0 Å². The van der Waals surface area contributed by atoms with Gasteiger partial charge in [-0.25, -0.2) is 0 Å². The number of benzene rings is 2. The average molecular weight is 362 g/mol.